The Morgan fingerprint density at radius 2 is 1.83 bits per heavy atom. The number of phenolic OH excluding ortho intramolecular Hbond substituents is 1. The topological polar surface area (TPSA) is 164 Å². The van der Waals surface area contributed by atoms with Crippen molar-refractivity contribution in [1.82, 2.24) is 9.88 Å². The Morgan fingerprint density at radius 3 is 2.50 bits per heavy atom. The summed E-state index contributed by atoms with van der Waals surface area (Å²) in [5, 5.41) is 19.8. The number of nitrogens with zero attached hydrogens (tertiary/aromatic N) is 2. The number of carboxylic acid groups (broad SMARTS) is 1. The molecule has 0 bridgehead atoms. The highest BCUT2D eigenvalue weighted by molar-refractivity contribution is 7.52. The summed E-state index contributed by atoms with van der Waals surface area (Å²) in [6.45, 7) is 0.404. The quantitative estimate of drug-likeness (QED) is 0.283. The number of amides is 2. The number of aromatic hydroxyl groups is 1. The van der Waals surface area contributed by atoms with Crippen LogP contribution < -0.4 is 4.74 Å². The van der Waals surface area contributed by atoms with E-state index in [0.29, 0.717) is 5.56 Å². The SMILES string of the molecule is C[C@H](OP(=O)(O)CCOc1c2c(c(O)c3ncccc13)C(=O)N(Cc1ccc(F)cc1)C2=O)C(=O)O. The van der Waals surface area contributed by atoms with E-state index in [1.54, 1.807) is 0 Å². The molecule has 0 aliphatic carbocycles. The van der Waals surface area contributed by atoms with Crippen LogP contribution in [0.4, 0.5) is 4.39 Å². The minimum atomic E-state index is -4.38. The number of pyridine rings is 1. The van der Waals surface area contributed by atoms with Crippen LogP contribution in [0.15, 0.2) is 42.6 Å². The molecule has 13 heteroatoms. The fourth-order valence-corrected chi connectivity index (χ4v) is 4.72. The van der Waals surface area contributed by atoms with E-state index in [1.165, 1.54) is 42.6 Å². The summed E-state index contributed by atoms with van der Waals surface area (Å²) in [6.07, 6.45) is -0.801. The number of imide groups is 1. The highest BCUT2D eigenvalue weighted by Crippen LogP contribution is 2.46. The maximum atomic E-state index is 13.3. The molecule has 1 unspecified atom stereocenters. The standard InChI is InChI=1S/C23H20FN2O9P/c1-12(23(30)31)35-36(32,33)10-9-34-20-15-3-2-8-25-18(15)19(27)16-17(20)22(29)26(21(16)28)11-13-4-6-14(24)7-5-13/h2-8,12,27H,9-11H2,1H3,(H,30,31)(H,32,33)/t12-/m0/s1. The van der Waals surface area contributed by atoms with Crippen LogP contribution in [0.3, 0.4) is 0 Å². The molecule has 36 heavy (non-hydrogen) atoms. The van der Waals surface area contributed by atoms with Gasteiger partial charge >= 0.3 is 13.6 Å². The number of carbonyl (C=O) groups excluding carboxylic acids is 2. The number of carboxylic acids is 1. The summed E-state index contributed by atoms with van der Waals surface area (Å²) in [5.41, 5.74) is -0.167. The van der Waals surface area contributed by atoms with Gasteiger partial charge in [-0.3, -0.25) is 28.6 Å². The lowest BCUT2D eigenvalue weighted by Crippen LogP contribution is -2.29. The summed E-state index contributed by atoms with van der Waals surface area (Å²) >= 11 is 0. The Bertz CT molecular complexity index is 1430. The van der Waals surface area contributed by atoms with Gasteiger partial charge in [0.25, 0.3) is 11.8 Å². The van der Waals surface area contributed by atoms with Gasteiger partial charge in [0, 0.05) is 11.6 Å². The summed E-state index contributed by atoms with van der Waals surface area (Å²) in [7, 11) is -4.38. The Morgan fingerprint density at radius 1 is 1.17 bits per heavy atom. The minimum absolute atomic E-state index is 0.0287. The lowest BCUT2D eigenvalue weighted by atomic mass is 10.0. The van der Waals surface area contributed by atoms with E-state index >= 15 is 0 Å². The molecular formula is C23H20FN2O9P. The normalized spacial score (nSPS) is 15.6. The molecular weight excluding hydrogens is 498 g/mol. The molecule has 3 N–H and O–H groups in total. The van der Waals surface area contributed by atoms with E-state index in [4.69, 9.17) is 9.84 Å². The molecule has 2 atom stereocenters. The monoisotopic (exact) mass is 518 g/mol. The molecule has 4 rings (SSSR count). The van der Waals surface area contributed by atoms with Crippen molar-refractivity contribution in [2.24, 2.45) is 0 Å². The fourth-order valence-electron chi connectivity index (χ4n) is 3.71. The highest BCUT2D eigenvalue weighted by Gasteiger charge is 2.42. The van der Waals surface area contributed by atoms with Crippen LogP contribution in [0.5, 0.6) is 11.5 Å². The minimum Gasteiger partial charge on any atom is -0.505 e. The largest absolute Gasteiger partial charge is 0.505 e. The van der Waals surface area contributed by atoms with Crippen LogP contribution in [-0.2, 0) is 20.4 Å². The lowest BCUT2D eigenvalue weighted by molar-refractivity contribution is -0.144. The smallest absolute Gasteiger partial charge is 0.333 e. The Hall–Kier alpha value is -3.86. The van der Waals surface area contributed by atoms with Crippen molar-refractivity contribution < 1.29 is 47.7 Å². The number of halogens is 1. The fraction of sp³-hybridized carbons (Fsp3) is 0.217. The molecule has 2 amide bonds. The van der Waals surface area contributed by atoms with E-state index in [9.17, 15) is 33.3 Å². The van der Waals surface area contributed by atoms with Crippen molar-refractivity contribution in [2.75, 3.05) is 12.8 Å². The van der Waals surface area contributed by atoms with Gasteiger partial charge < -0.3 is 19.8 Å². The number of phenols is 1. The zero-order valence-electron chi connectivity index (χ0n) is 18.8. The van der Waals surface area contributed by atoms with Gasteiger partial charge in [0.15, 0.2) is 11.9 Å². The van der Waals surface area contributed by atoms with E-state index in [0.717, 1.165) is 11.8 Å². The highest BCUT2D eigenvalue weighted by atomic mass is 31.2. The van der Waals surface area contributed by atoms with E-state index in [-0.39, 0.29) is 34.3 Å². The number of hydrogen-bond acceptors (Lipinski definition) is 8. The van der Waals surface area contributed by atoms with Crippen molar-refractivity contribution in [2.45, 2.75) is 19.6 Å². The van der Waals surface area contributed by atoms with Crippen LogP contribution in [0.2, 0.25) is 0 Å². The number of carbonyl (C=O) groups is 3. The summed E-state index contributed by atoms with van der Waals surface area (Å²) in [5.74, 6) is -4.20. The number of fused-ring (bicyclic) bond motifs is 2. The number of ether oxygens (including phenoxy) is 1. The second-order valence-electron chi connectivity index (χ2n) is 7.95. The third-order valence-corrected chi connectivity index (χ3v) is 6.85. The first-order valence-electron chi connectivity index (χ1n) is 10.6. The number of hydrogen-bond donors (Lipinski definition) is 3. The van der Waals surface area contributed by atoms with Crippen molar-refractivity contribution in [3.05, 3.63) is 65.1 Å². The van der Waals surface area contributed by atoms with Crippen molar-refractivity contribution in [3.8, 4) is 11.5 Å². The molecule has 1 aliphatic heterocycles. The van der Waals surface area contributed by atoms with E-state index in [2.05, 4.69) is 9.51 Å². The van der Waals surface area contributed by atoms with Gasteiger partial charge in [-0.25, -0.2) is 9.18 Å². The molecule has 0 saturated carbocycles. The third-order valence-electron chi connectivity index (χ3n) is 5.45. The number of aliphatic carboxylic acids is 1. The van der Waals surface area contributed by atoms with Crippen molar-refractivity contribution in [1.29, 1.82) is 0 Å². The van der Waals surface area contributed by atoms with Crippen LogP contribution >= 0.6 is 7.60 Å². The maximum Gasteiger partial charge on any atom is 0.333 e. The first kappa shape index (κ1) is 25.2. The number of rotatable bonds is 9. The summed E-state index contributed by atoms with van der Waals surface area (Å²) < 4.78 is 35.9. The molecule has 0 fully saturated rings. The predicted molar refractivity (Wildman–Crippen MR) is 122 cm³/mol. The zero-order valence-corrected chi connectivity index (χ0v) is 19.6. The van der Waals surface area contributed by atoms with Crippen molar-refractivity contribution in [3.63, 3.8) is 0 Å². The molecule has 2 aromatic carbocycles. The van der Waals surface area contributed by atoms with Gasteiger partial charge in [0.1, 0.15) is 22.6 Å². The first-order valence-corrected chi connectivity index (χ1v) is 12.4. The second kappa shape index (κ2) is 9.65. The second-order valence-corrected chi connectivity index (χ2v) is 9.88. The van der Waals surface area contributed by atoms with E-state index < -0.39 is 55.8 Å². The third kappa shape index (κ3) is 4.78. The summed E-state index contributed by atoms with van der Waals surface area (Å²) in [6, 6.07) is 8.17. The maximum absolute atomic E-state index is 13.3. The molecule has 11 nitrogen and oxygen atoms in total. The Balaban J connectivity index is 1.68. The molecule has 188 valence electrons. The predicted octanol–water partition coefficient (Wildman–Crippen LogP) is 2.93. The van der Waals surface area contributed by atoms with Crippen LogP contribution in [0, 0.1) is 5.82 Å². The van der Waals surface area contributed by atoms with Crippen molar-refractivity contribution >= 4 is 36.3 Å². The molecule has 0 saturated heterocycles. The first-order chi connectivity index (χ1) is 17.0. The number of benzene rings is 2. The Labute approximate surface area is 203 Å². The average molecular weight is 518 g/mol. The number of aromatic nitrogens is 1. The van der Waals surface area contributed by atoms with Crippen LogP contribution in [0.25, 0.3) is 10.9 Å². The zero-order chi connectivity index (χ0) is 26.2. The van der Waals surface area contributed by atoms with Gasteiger partial charge in [0.2, 0.25) is 0 Å². The summed E-state index contributed by atoms with van der Waals surface area (Å²) in [4.78, 5) is 52.2. The molecule has 1 aliphatic rings. The van der Waals surface area contributed by atoms with Gasteiger partial charge in [-0.15, -0.1) is 0 Å². The lowest BCUT2D eigenvalue weighted by Gasteiger charge is -2.17. The average Bonchev–Trinajstić information content (AvgIpc) is 3.07. The van der Waals surface area contributed by atoms with Gasteiger partial charge in [-0.05, 0) is 36.8 Å². The molecule has 3 aromatic rings. The van der Waals surface area contributed by atoms with Gasteiger partial charge in [0.05, 0.1) is 24.9 Å². The van der Waals surface area contributed by atoms with Gasteiger partial charge in [-0.2, -0.15) is 0 Å². The molecule has 0 spiro atoms. The molecule has 0 radical (unpaired) electrons. The van der Waals surface area contributed by atoms with Crippen LogP contribution in [0.1, 0.15) is 33.2 Å². The Kier molecular flexibility index (Phi) is 6.77. The van der Waals surface area contributed by atoms with E-state index in [1.807, 2.05) is 0 Å². The van der Waals surface area contributed by atoms with Gasteiger partial charge in [-0.1, -0.05) is 12.1 Å². The van der Waals surface area contributed by atoms with Crippen LogP contribution in [-0.4, -0.2) is 61.6 Å². The molecule has 1 aromatic heterocycles. The molecule has 2 heterocycles.